The topological polar surface area (TPSA) is 83.3 Å². The average Bonchev–Trinajstić information content (AvgIpc) is 3.00. The fourth-order valence-electron chi connectivity index (χ4n) is 1.84. The summed E-state index contributed by atoms with van der Waals surface area (Å²) in [6.07, 6.45) is -2.35. The number of nitrogens with one attached hydrogen (secondary N) is 1. The maximum Gasteiger partial charge on any atom is 0.418 e. The van der Waals surface area contributed by atoms with E-state index in [2.05, 4.69) is 15.4 Å². The van der Waals surface area contributed by atoms with Crippen molar-refractivity contribution in [2.75, 3.05) is 25.5 Å². The number of aromatic nitrogens is 3. The van der Waals surface area contributed by atoms with Crippen LogP contribution in [-0.4, -0.2) is 51.0 Å². The van der Waals surface area contributed by atoms with Gasteiger partial charge in [-0.25, -0.2) is 14.5 Å². The van der Waals surface area contributed by atoms with E-state index >= 15 is 0 Å². The summed E-state index contributed by atoms with van der Waals surface area (Å²) in [6, 6.07) is 2.72. The van der Waals surface area contributed by atoms with Crippen molar-refractivity contribution in [3.63, 3.8) is 0 Å². The minimum Gasteiger partial charge on any atom is -0.395 e. The quantitative estimate of drug-likeness (QED) is 0.895. The molecule has 1 heterocycles. The van der Waals surface area contributed by atoms with Crippen LogP contribution in [0.5, 0.6) is 0 Å². The van der Waals surface area contributed by atoms with Gasteiger partial charge in [-0.1, -0.05) is 0 Å². The number of carbonyl (C=O) groups excluding carboxylic acids is 1. The number of aliphatic hydroxyl groups excluding tert-OH is 1. The Hall–Kier alpha value is -2.62. The number of hydrogen-bond donors (Lipinski definition) is 2. The van der Waals surface area contributed by atoms with Crippen molar-refractivity contribution in [3.05, 3.63) is 36.4 Å². The number of benzene rings is 1. The number of aliphatic hydroxyl groups is 1. The van der Waals surface area contributed by atoms with E-state index in [4.69, 9.17) is 5.11 Å². The molecule has 0 atom stereocenters. The lowest BCUT2D eigenvalue weighted by molar-refractivity contribution is -0.137. The van der Waals surface area contributed by atoms with Crippen LogP contribution in [0.25, 0.3) is 5.69 Å². The Balaban J connectivity index is 2.32. The number of halogens is 3. The monoisotopic (exact) mass is 329 g/mol. The Morgan fingerprint density at radius 2 is 2.17 bits per heavy atom. The molecule has 2 rings (SSSR count). The van der Waals surface area contributed by atoms with Crippen LogP contribution in [0, 0.1) is 0 Å². The second-order valence-corrected chi connectivity index (χ2v) is 4.65. The van der Waals surface area contributed by atoms with Crippen LogP contribution in [0.1, 0.15) is 5.56 Å². The van der Waals surface area contributed by atoms with Crippen LogP contribution in [0.2, 0.25) is 0 Å². The van der Waals surface area contributed by atoms with E-state index < -0.39 is 17.8 Å². The smallest absolute Gasteiger partial charge is 0.395 e. The van der Waals surface area contributed by atoms with Crippen molar-refractivity contribution in [2.45, 2.75) is 6.18 Å². The Morgan fingerprint density at radius 1 is 1.43 bits per heavy atom. The molecule has 7 nitrogen and oxygen atoms in total. The van der Waals surface area contributed by atoms with E-state index in [-0.39, 0.29) is 24.5 Å². The van der Waals surface area contributed by atoms with Gasteiger partial charge in [-0.3, -0.25) is 0 Å². The van der Waals surface area contributed by atoms with Gasteiger partial charge in [-0.05, 0) is 18.2 Å². The van der Waals surface area contributed by atoms with Crippen molar-refractivity contribution in [1.82, 2.24) is 19.7 Å². The standard InChI is InChI=1S/C13H14F3N5O2/c1-20(4-5-22)12(23)19-9-2-3-11(21-8-17-7-18-21)10(6-9)13(14,15)16/h2-3,6-8,22H,4-5H2,1H3,(H,19,23). The van der Waals surface area contributed by atoms with Crippen molar-refractivity contribution in [2.24, 2.45) is 0 Å². The summed E-state index contributed by atoms with van der Waals surface area (Å²) in [6.45, 7) is -0.183. The third-order valence-corrected chi connectivity index (χ3v) is 3.00. The van der Waals surface area contributed by atoms with Crippen molar-refractivity contribution in [1.29, 1.82) is 0 Å². The van der Waals surface area contributed by atoms with Crippen LogP contribution in [0.3, 0.4) is 0 Å². The van der Waals surface area contributed by atoms with Gasteiger partial charge < -0.3 is 15.3 Å². The van der Waals surface area contributed by atoms with E-state index in [9.17, 15) is 18.0 Å². The lowest BCUT2D eigenvalue weighted by atomic mass is 10.1. The first-order valence-corrected chi connectivity index (χ1v) is 6.52. The molecule has 0 spiro atoms. The van der Waals surface area contributed by atoms with E-state index in [0.29, 0.717) is 0 Å². The zero-order chi connectivity index (χ0) is 17.0. The summed E-state index contributed by atoms with van der Waals surface area (Å²) in [5.74, 6) is 0. The van der Waals surface area contributed by atoms with Crippen LogP contribution >= 0.6 is 0 Å². The predicted molar refractivity (Wildman–Crippen MR) is 75.1 cm³/mol. The molecule has 0 saturated carbocycles. The molecule has 23 heavy (non-hydrogen) atoms. The molecular formula is C13H14F3N5O2. The fraction of sp³-hybridized carbons (Fsp3) is 0.308. The first kappa shape index (κ1) is 16.7. The first-order valence-electron chi connectivity index (χ1n) is 6.52. The first-order chi connectivity index (χ1) is 10.8. The molecular weight excluding hydrogens is 315 g/mol. The molecule has 0 radical (unpaired) electrons. The minimum absolute atomic E-state index is 0.0176. The fourth-order valence-corrected chi connectivity index (χ4v) is 1.84. The molecule has 1 aromatic carbocycles. The van der Waals surface area contributed by atoms with Gasteiger partial charge in [0.05, 0.1) is 17.9 Å². The van der Waals surface area contributed by atoms with Gasteiger partial charge in [0.15, 0.2) is 0 Å². The van der Waals surface area contributed by atoms with Crippen LogP contribution in [0.15, 0.2) is 30.9 Å². The highest BCUT2D eigenvalue weighted by molar-refractivity contribution is 5.89. The van der Waals surface area contributed by atoms with Gasteiger partial charge in [0, 0.05) is 19.3 Å². The summed E-state index contributed by atoms with van der Waals surface area (Å²) in [4.78, 5) is 16.5. The number of hydrogen-bond acceptors (Lipinski definition) is 4. The summed E-state index contributed by atoms with van der Waals surface area (Å²) >= 11 is 0. The molecule has 0 unspecified atom stereocenters. The Bertz CT molecular complexity index is 673. The minimum atomic E-state index is -4.63. The summed E-state index contributed by atoms with van der Waals surface area (Å²) in [5, 5.41) is 14.8. The summed E-state index contributed by atoms with van der Waals surface area (Å²) < 4.78 is 40.7. The maximum atomic E-state index is 13.2. The third kappa shape index (κ3) is 3.97. The highest BCUT2D eigenvalue weighted by Gasteiger charge is 2.34. The lowest BCUT2D eigenvalue weighted by Gasteiger charge is -2.18. The molecule has 0 fully saturated rings. The lowest BCUT2D eigenvalue weighted by Crippen LogP contribution is -2.33. The van der Waals surface area contributed by atoms with Gasteiger partial charge in [-0.2, -0.15) is 18.3 Å². The van der Waals surface area contributed by atoms with E-state index in [1.54, 1.807) is 0 Å². The summed E-state index contributed by atoms with van der Waals surface area (Å²) in [5.41, 5.74) is -1.17. The molecule has 0 saturated heterocycles. The average molecular weight is 329 g/mol. The number of amides is 2. The molecule has 2 N–H and O–H groups in total. The molecule has 2 amide bonds. The van der Waals surface area contributed by atoms with Gasteiger partial charge in [0.25, 0.3) is 0 Å². The molecule has 0 bridgehead atoms. The van der Waals surface area contributed by atoms with Crippen LogP contribution < -0.4 is 5.32 Å². The zero-order valence-corrected chi connectivity index (χ0v) is 12.1. The molecule has 1 aromatic heterocycles. The van der Waals surface area contributed by atoms with E-state index in [1.165, 1.54) is 19.2 Å². The SMILES string of the molecule is CN(CCO)C(=O)Nc1ccc(-n2cncn2)c(C(F)(F)F)c1. The molecule has 0 aliphatic heterocycles. The summed E-state index contributed by atoms with van der Waals surface area (Å²) in [7, 11) is 1.42. The van der Waals surface area contributed by atoms with Gasteiger partial charge >= 0.3 is 12.2 Å². The third-order valence-electron chi connectivity index (χ3n) is 3.00. The number of alkyl halides is 3. The molecule has 0 aliphatic carbocycles. The normalized spacial score (nSPS) is 11.3. The molecule has 10 heteroatoms. The number of nitrogens with zero attached hydrogens (tertiary/aromatic N) is 4. The second kappa shape index (κ2) is 6.65. The second-order valence-electron chi connectivity index (χ2n) is 4.65. The van der Waals surface area contributed by atoms with Gasteiger partial charge in [-0.15, -0.1) is 0 Å². The van der Waals surface area contributed by atoms with Crippen molar-refractivity contribution in [3.8, 4) is 5.69 Å². The number of carbonyl (C=O) groups is 1. The molecule has 0 aliphatic rings. The van der Waals surface area contributed by atoms with Gasteiger partial charge in [0.2, 0.25) is 0 Å². The molecule has 124 valence electrons. The largest absolute Gasteiger partial charge is 0.418 e. The Labute approximate surface area is 129 Å². The van der Waals surface area contributed by atoms with E-state index in [0.717, 1.165) is 28.3 Å². The zero-order valence-electron chi connectivity index (χ0n) is 12.1. The Kier molecular flexibility index (Phi) is 4.84. The molecule has 2 aromatic rings. The maximum absolute atomic E-state index is 13.2. The number of rotatable bonds is 4. The van der Waals surface area contributed by atoms with Crippen LogP contribution in [-0.2, 0) is 6.18 Å². The predicted octanol–water partition coefficient (Wildman–Crippen LogP) is 1.74. The van der Waals surface area contributed by atoms with Crippen LogP contribution in [0.4, 0.5) is 23.7 Å². The Morgan fingerprint density at radius 3 is 2.74 bits per heavy atom. The van der Waals surface area contributed by atoms with Crippen molar-refractivity contribution >= 4 is 11.7 Å². The highest BCUT2D eigenvalue weighted by Crippen LogP contribution is 2.35. The number of likely N-dealkylation sites (N-methyl/N-ethyl adjacent to an activating group) is 1. The van der Waals surface area contributed by atoms with Gasteiger partial charge in [0.1, 0.15) is 12.7 Å². The highest BCUT2D eigenvalue weighted by atomic mass is 19.4. The van der Waals surface area contributed by atoms with Crippen molar-refractivity contribution < 1.29 is 23.1 Å². The number of urea groups is 1. The van der Waals surface area contributed by atoms with E-state index in [1.807, 2.05) is 0 Å². The number of anilines is 1.